The normalized spacial score (nSPS) is 16.1. The predicted octanol–water partition coefficient (Wildman–Crippen LogP) is 1.98. The number of nitrogens with one attached hydrogen (secondary N) is 1. The second kappa shape index (κ2) is 9.85. The summed E-state index contributed by atoms with van der Waals surface area (Å²) in [6.45, 7) is 4.40. The van der Waals surface area contributed by atoms with Gasteiger partial charge < -0.3 is 10.1 Å². The van der Waals surface area contributed by atoms with Gasteiger partial charge in [-0.3, -0.25) is 9.59 Å². The summed E-state index contributed by atoms with van der Waals surface area (Å²) in [6, 6.07) is 6.68. The third-order valence-corrected chi connectivity index (χ3v) is 6.62. The zero-order chi connectivity index (χ0) is 19.9. The summed E-state index contributed by atoms with van der Waals surface area (Å²) in [5.41, 5.74) is 0.624. The van der Waals surface area contributed by atoms with Crippen molar-refractivity contribution in [3.05, 3.63) is 29.8 Å². The Morgan fingerprint density at radius 3 is 2.33 bits per heavy atom. The molecule has 1 aliphatic heterocycles. The number of hydrogen-bond acceptors (Lipinski definition) is 5. The first-order valence-corrected chi connectivity index (χ1v) is 11.0. The monoisotopic (exact) mass is 396 g/mol. The van der Waals surface area contributed by atoms with Crippen LogP contribution in [0.3, 0.4) is 0 Å². The second-order valence-corrected chi connectivity index (χ2v) is 8.74. The van der Waals surface area contributed by atoms with Crippen molar-refractivity contribution in [2.24, 2.45) is 0 Å². The molecule has 0 bridgehead atoms. The van der Waals surface area contributed by atoms with Crippen molar-refractivity contribution in [2.75, 3.05) is 25.4 Å². The van der Waals surface area contributed by atoms with Crippen molar-refractivity contribution in [2.45, 2.75) is 45.6 Å². The molecule has 7 nitrogen and oxygen atoms in total. The van der Waals surface area contributed by atoms with Gasteiger partial charge in [-0.25, -0.2) is 12.7 Å². The Hall–Kier alpha value is -1.93. The van der Waals surface area contributed by atoms with Gasteiger partial charge in [0.1, 0.15) is 5.75 Å². The second-order valence-electron chi connectivity index (χ2n) is 6.65. The maximum absolute atomic E-state index is 12.1. The van der Waals surface area contributed by atoms with Gasteiger partial charge >= 0.3 is 0 Å². The van der Waals surface area contributed by atoms with E-state index in [1.165, 1.54) is 4.31 Å². The molecule has 0 aromatic heterocycles. The highest BCUT2D eigenvalue weighted by Gasteiger charge is 2.27. The number of rotatable bonds is 9. The summed E-state index contributed by atoms with van der Waals surface area (Å²) >= 11 is 0. The number of ketones is 1. The fraction of sp³-hybridized carbons (Fsp3) is 0.579. The maximum Gasteiger partial charge on any atom is 0.258 e. The predicted molar refractivity (Wildman–Crippen MR) is 103 cm³/mol. The molecule has 1 amide bonds. The molecule has 0 atom stereocenters. The molecule has 1 saturated heterocycles. The van der Waals surface area contributed by atoms with Crippen LogP contribution < -0.4 is 10.1 Å². The van der Waals surface area contributed by atoms with Gasteiger partial charge in [0.05, 0.1) is 5.75 Å². The molecule has 1 aliphatic rings. The van der Waals surface area contributed by atoms with Crippen molar-refractivity contribution in [1.82, 2.24) is 9.62 Å². The molecule has 1 N–H and O–H groups in total. The Labute approximate surface area is 161 Å². The van der Waals surface area contributed by atoms with Gasteiger partial charge in [-0.2, -0.15) is 0 Å². The van der Waals surface area contributed by atoms with Crippen LogP contribution in [-0.2, 0) is 14.8 Å². The van der Waals surface area contributed by atoms with E-state index in [2.05, 4.69) is 5.32 Å². The number of carbonyl (C=O) groups is 2. The van der Waals surface area contributed by atoms with Crippen molar-refractivity contribution < 1.29 is 22.7 Å². The molecule has 8 heteroatoms. The first-order chi connectivity index (χ1) is 12.9. The number of carbonyl (C=O) groups excluding carboxylic acids is 2. The minimum absolute atomic E-state index is 0.0428. The van der Waals surface area contributed by atoms with Crippen LogP contribution in [0.5, 0.6) is 5.75 Å². The summed E-state index contributed by atoms with van der Waals surface area (Å²) in [6.07, 6.45) is 2.25. The lowest BCUT2D eigenvalue weighted by Gasteiger charge is -2.31. The largest absolute Gasteiger partial charge is 0.484 e. The number of ether oxygens (including phenoxy) is 1. The van der Waals surface area contributed by atoms with E-state index in [1.54, 1.807) is 31.2 Å². The highest BCUT2D eigenvalue weighted by Crippen LogP contribution is 2.16. The molecule has 1 fully saturated rings. The van der Waals surface area contributed by atoms with E-state index in [4.69, 9.17) is 4.74 Å². The lowest BCUT2D eigenvalue weighted by Crippen LogP contribution is -2.47. The van der Waals surface area contributed by atoms with Crippen molar-refractivity contribution in [3.8, 4) is 5.75 Å². The van der Waals surface area contributed by atoms with Gasteiger partial charge in [-0.1, -0.05) is 13.8 Å². The number of benzene rings is 1. The number of hydrogen-bond donors (Lipinski definition) is 1. The van der Waals surface area contributed by atoms with Gasteiger partial charge in [-0.15, -0.1) is 0 Å². The first kappa shape index (κ1) is 21.4. The summed E-state index contributed by atoms with van der Waals surface area (Å²) < 4.78 is 31.1. The molecule has 0 radical (unpaired) electrons. The van der Waals surface area contributed by atoms with Crippen LogP contribution in [0.1, 0.15) is 49.9 Å². The Morgan fingerprint density at radius 2 is 1.78 bits per heavy atom. The standard InChI is InChI=1S/C19H28N2O5S/c1-3-13-27(24,25)21-11-9-16(10-12-21)20-19(23)14-26-17-7-5-15(6-8-17)18(22)4-2/h5-8,16H,3-4,9-14H2,1-2H3,(H,20,23). The number of amides is 1. The SMILES string of the molecule is CCCS(=O)(=O)N1CCC(NC(=O)COc2ccc(C(=O)CC)cc2)CC1. The maximum atomic E-state index is 12.1. The van der Waals surface area contributed by atoms with Crippen LogP contribution in [0, 0.1) is 0 Å². The average molecular weight is 397 g/mol. The molecule has 27 heavy (non-hydrogen) atoms. The van der Waals surface area contributed by atoms with Gasteiger partial charge in [0.25, 0.3) is 5.91 Å². The minimum atomic E-state index is -3.17. The molecule has 0 aliphatic carbocycles. The average Bonchev–Trinajstić information content (AvgIpc) is 2.66. The molecule has 0 spiro atoms. The Morgan fingerprint density at radius 1 is 1.15 bits per heavy atom. The smallest absolute Gasteiger partial charge is 0.258 e. The molecule has 2 rings (SSSR count). The van der Waals surface area contributed by atoms with E-state index in [9.17, 15) is 18.0 Å². The Balaban J connectivity index is 1.74. The number of piperidine rings is 1. The molecule has 1 aromatic carbocycles. The number of Topliss-reactive ketones (excluding diaryl/α,β-unsaturated/α-hetero) is 1. The highest BCUT2D eigenvalue weighted by molar-refractivity contribution is 7.89. The van der Waals surface area contributed by atoms with Gasteiger partial charge in [0, 0.05) is 31.1 Å². The van der Waals surface area contributed by atoms with Gasteiger partial charge in [0.15, 0.2) is 12.4 Å². The molecule has 1 aromatic rings. The number of sulfonamides is 1. The zero-order valence-corrected chi connectivity index (χ0v) is 16.8. The molecule has 1 heterocycles. The van der Waals surface area contributed by atoms with E-state index in [0.717, 1.165) is 0 Å². The summed E-state index contributed by atoms with van der Waals surface area (Å²) in [5, 5.41) is 2.89. The zero-order valence-electron chi connectivity index (χ0n) is 15.9. The van der Waals surface area contributed by atoms with Crippen LogP contribution in [0.25, 0.3) is 0 Å². The first-order valence-electron chi connectivity index (χ1n) is 9.39. The molecule has 150 valence electrons. The van der Waals surface area contributed by atoms with Crippen LogP contribution in [0.4, 0.5) is 0 Å². The lowest BCUT2D eigenvalue weighted by atomic mass is 10.1. The summed E-state index contributed by atoms with van der Waals surface area (Å²) in [5.74, 6) is 0.518. The van der Waals surface area contributed by atoms with E-state index in [1.807, 2.05) is 6.92 Å². The van der Waals surface area contributed by atoms with E-state index >= 15 is 0 Å². The summed E-state index contributed by atoms with van der Waals surface area (Å²) in [7, 11) is -3.17. The topological polar surface area (TPSA) is 92.8 Å². The van der Waals surface area contributed by atoms with Crippen LogP contribution >= 0.6 is 0 Å². The van der Waals surface area contributed by atoms with Crippen molar-refractivity contribution in [3.63, 3.8) is 0 Å². The fourth-order valence-electron chi connectivity index (χ4n) is 3.02. The number of nitrogens with zero attached hydrogens (tertiary/aromatic N) is 1. The van der Waals surface area contributed by atoms with Gasteiger partial charge in [-0.05, 0) is 43.5 Å². The van der Waals surface area contributed by atoms with Crippen LogP contribution in [-0.4, -0.2) is 55.9 Å². The van der Waals surface area contributed by atoms with E-state index < -0.39 is 10.0 Å². The lowest BCUT2D eigenvalue weighted by molar-refractivity contribution is -0.124. The van der Waals surface area contributed by atoms with Crippen LogP contribution in [0.15, 0.2) is 24.3 Å². The summed E-state index contributed by atoms with van der Waals surface area (Å²) in [4.78, 5) is 23.7. The fourth-order valence-corrected chi connectivity index (χ4v) is 4.57. The third kappa shape index (κ3) is 6.32. The third-order valence-electron chi connectivity index (χ3n) is 4.54. The Kier molecular flexibility index (Phi) is 7.79. The van der Waals surface area contributed by atoms with Gasteiger partial charge in [0.2, 0.25) is 10.0 Å². The highest BCUT2D eigenvalue weighted by atomic mass is 32.2. The quantitative estimate of drug-likeness (QED) is 0.644. The van der Waals surface area contributed by atoms with Crippen molar-refractivity contribution in [1.29, 1.82) is 0 Å². The Bertz CT molecular complexity index is 738. The van der Waals surface area contributed by atoms with Crippen molar-refractivity contribution >= 4 is 21.7 Å². The molecule has 0 unspecified atom stereocenters. The molecular weight excluding hydrogens is 368 g/mol. The minimum Gasteiger partial charge on any atom is -0.484 e. The molecular formula is C19H28N2O5S. The molecule has 0 saturated carbocycles. The van der Waals surface area contributed by atoms with E-state index in [-0.39, 0.29) is 30.1 Å². The van der Waals surface area contributed by atoms with Crippen LogP contribution in [0.2, 0.25) is 0 Å². The van der Waals surface area contributed by atoms with E-state index in [0.29, 0.717) is 50.1 Å².